The summed E-state index contributed by atoms with van der Waals surface area (Å²) in [6, 6.07) is 10.5. The molecular weight excluding hydrogens is 160 g/mol. The maximum Gasteiger partial charge on any atom is 0.0535 e. The average Bonchev–Trinajstić information content (AvgIpc) is 2.15. The van der Waals surface area contributed by atoms with Gasteiger partial charge in [0, 0.05) is 5.92 Å². The van der Waals surface area contributed by atoms with Crippen LogP contribution in [0, 0.1) is 0 Å². The Morgan fingerprint density at radius 1 is 1.08 bits per heavy atom. The molecule has 1 rings (SSSR count). The van der Waals surface area contributed by atoms with E-state index in [1.807, 2.05) is 6.07 Å². The van der Waals surface area contributed by atoms with Crippen LogP contribution in [0.1, 0.15) is 32.3 Å². The molecule has 0 bridgehead atoms. The maximum absolute atomic E-state index is 5.56. The Bertz CT molecular complexity index is 228. The number of hydrogen-bond acceptors (Lipinski definition) is 1. The topological polar surface area (TPSA) is 9.23 Å². The van der Waals surface area contributed by atoms with Crippen LogP contribution >= 0.6 is 0 Å². The summed E-state index contributed by atoms with van der Waals surface area (Å²) in [6.45, 7) is 7.13. The summed E-state index contributed by atoms with van der Waals surface area (Å²) in [7, 11) is 0. The molecule has 0 fully saturated rings. The standard InChI is InChI=1S/C12H18O/c1-10(2)13-9-11(3)12-7-5-4-6-8-12/h4-8,10-11H,9H2,1-3H3. The van der Waals surface area contributed by atoms with Crippen LogP contribution in [0.5, 0.6) is 0 Å². The zero-order valence-electron chi connectivity index (χ0n) is 8.66. The van der Waals surface area contributed by atoms with Crippen LogP contribution in [0.15, 0.2) is 30.3 Å². The summed E-state index contributed by atoms with van der Waals surface area (Å²) in [5.41, 5.74) is 1.35. The van der Waals surface area contributed by atoms with E-state index in [4.69, 9.17) is 4.74 Å². The summed E-state index contributed by atoms with van der Waals surface area (Å²) in [4.78, 5) is 0. The second-order valence-corrected chi connectivity index (χ2v) is 3.69. The van der Waals surface area contributed by atoms with E-state index in [1.165, 1.54) is 5.56 Å². The third-order valence-corrected chi connectivity index (χ3v) is 2.05. The lowest BCUT2D eigenvalue weighted by Crippen LogP contribution is -2.09. The van der Waals surface area contributed by atoms with Crippen LogP contribution in [0.3, 0.4) is 0 Å². The second-order valence-electron chi connectivity index (χ2n) is 3.69. The lowest BCUT2D eigenvalue weighted by molar-refractivity contribution is 0.0702. The van der Waals surface area contributed by atoms with Gasteiger partial charge < -0.3 is 4.74 Å². The quantitative estimate of drug-likeness (QED) is 0.688. The third-order valence-electron chi connectivity index (χ3n) is 2.05. The van der Waals surface area contributed by atoms with E-state index in [9.17, 15) is 0 Å². The lowest BCUT2D eigenvalue weighted by Gasteiger charge is -2.14. The van der Waals surface area contributed by atoms with Gasteiger partial charge in [0.1, 0.15) is 0 Å². The van der Waals surface area contributed by atoms with Crippen molar-refractivity contribution in [3.63, 3.8) is 0 Å². The fraction of sp³-hybridized carbons (Fsp3) is 0.500. The van der Waals surface area contributed by atoms with Crippen molar-refractivity contribution in [2.45, 2.75) is 32.8 Å². The van der Waals surface area contributed by atoms with E-state index in [-0.39, 0.29) is 0 Å². The largest absolute Gasteiger partial charge is 0.378 e. The molecule has 0 amide bonds. The molecule has 13 heavy (non-hydrogen) atoms. The minimum Gasteiger partial charge on any atom is -0.378 e. The van der Waals surface area contributed by atoms with E-state index in [0.717, 1.165) is 6.61 Å². The molecule has 0 aliphatic heterocycles. The molecule has 0 aliphatic rings. The van der Waals surface area contributed by atoms with Crippen LogP contribution in [0.4, 0.5) is 0 Å². The van der Waals surface area contributed by atoms with Crippen LogP contribution in [-0.4, -0.2) is 12.7 Å². The first kappa shape index (κ1) is 10.3. The van der Waals surface area contributed by atoms with Crippen molar-refractivity contribution >= 4 is 0 Å². The van der Waals surface area contributed by atoms with E-state index in [1.54, 1.807) is 0 Å². The van der Waals surface area contributed by atoms with E-state index in [0.29, 0.717) is 12.0 Å². The van der Waals surface area contributed by atoms with Gasteiger partial charge in [-0.15, -0.1) is 0 Å². The number of benzene rings is 1. The van der Waals surface area contributed by atoms with Gasteiger partial charge in [0.25, 0.3) is 0 Å². The van der Waals surface area contributed by atoms with Gasteiger partial charge in [0.15, 0.2) is 0 Å². The van der Waals surface area contributed by atoms with Gasteiger partial charge in [-0.2, -0.15) is 0 Å². The normalized spacial score (nSPS) is 13.2. The highest BCUT2D eigenvalue weighted by Gasteiger charge is 2.05. The molecule has 1 unspecified atom stereocenters. The molecule has 0 radical (unpaired) electrons. The molecule has 0 saturated carbocycles. The SMILES string of the molecule is CC(C)OCC(C)c1ccccc1. The Morgan fingerprint density at radius 3 is 2.23 bits per heavy atom. The van der Waals surface area contributed by atoms with Crippen molar-refractivity contribution in [3.05, 3.63) is 35.9 Å². The molecular formula is C12H18O. The molecule has 0 aliphatic carbocycles. The van der Waals surface area contributed by atoms with Gasteiger partial charge in [0.05, 0.1) is 12.7 Å². The van der Waals surface area contributed by atoms with Crippen molar-refractivity contribution in [2.75, 3.05) is 6.61 Å². The van der Waals surface area contributed by atoms with Crippen LogP contribution < -0.4 is 0 Å². The van der Waals surface area contributed by atoms with Gasteiger partial charge in [-0.25, -0.2) is 0 Å². The fourth-order valence-electron chi connectivity index (χ4n) is 1.21. The molecule has 1 aromatic carbocycles. The first-order valence-electron chi connectivity index (χ1n) is 4.86. The molecule has 1 atom stereocenters. The average molecular weight is 178 g/mol. The van der Waals surface area contributed by atoms with Crippen molar-refractivity contribution < 1.29 is 4.74 Å². The highest BCUT2D eigenvalue weighted by Crippen LogP contribution is 2.14. The van der Waals surface area contributed by atoms with Crippen LogP contribution in [0.2, 0.25) is 0 Å². The molecule has 0 N–H and O–H groups in total. The Morgan fingerprint density at radius 2 is 1.69 bits per heavy atom. The van der Waals surface area contributed by atoms with Crippen LogP contribution in [-0.2, 0) is 4.74 Å². The molecule has 0 spiro atoms. The Hall–Kier alpha value is -0.820. The smallest absolute Gasteiger partial charge is 0.0535 e. The maximum atomic E-state index is 5.56. The minimum atomic E-state index is 0.325. The summed E-state index contributed by atoms with van der Waals surface area (Å²) >= 11 is 0. The Balaban J connectivity index is 2.44. The van der Waals surface area contributed by atoms with E-state index >= 15 is 0 Å². The lowest BCUT2D eigenvalue weighted by atomic mass is 10.0. The first-order chi connectivity index (χ1) is 6.20. The van der Waals surface area contributed by atoms with Gasteiger partial charge >= 0.3 is 0 Å². The van der Waals surface area contributed by atoms with Crippen molar-refractivity contribution in [3.8, 4) is 0 Å². The highest BCUT2D eigenvalue weighted by atomic mass is 16.5. The summed E-state index contributed by atoms with van der Waals surface area (Å²) in [6.07, 6.45) is 0.325. The van der Waals surface area contributed by atoms with Gasteiger partial charge in [-0.3, -0.25) is 0 Å². The fourth-order valence-corrected chi connectivity index (χ4v) is 1.21. The van der Waals surface area contributed by atoms with Crippen molar-refractivity contribution in [1.82, 2.24) is 0 Å². The Kier molecular flexibility index (Phi) is 3.97. The number of ether oxygens (including phenoxy) is 1. The zero-order valence-corrected chi connectivity index (χ0v) is 8.66. The molecule has 0 heterocycles. The monoisotopic (exact) mass is 178 g/mol. The minimum absolute atomic E-state index is 0.325. The van der Waals surface area contributed by atoms with Crippen molar-refractivity contribution in [2.24, 2.45) is 0 Å². The summed E-state index contributed by atoms with van der Waals surface area (Å²) in [5.74, 6) is 0.489. The van der Waals surface area contributed by atoms with E-state index < -0.39 is 0 Å². The third kappa shape index (κ3) is 3.60. The van der Waals surface area contributed by atoms with Gasteiger partial charge in [-0.1, -0.05) is 37.3 Å². The van der Waals surface area contributed by atoms with E-state index in [2.05, 4.69) is 45.0 Å². The van der Waals surface area contributed by atoms with Crippen LogP contribution in [0.25, 0.3) is 0 Å². The molecule has 72 valence electrons. The summed E-state index contributed by atoms with van der Waals surface area (Å²) in [5, 5.41) is 0. The summed E-state index contributed by atoms with van der Waals surface area (Å²) < 4.78 is 5.56. The molecule has 0 saturated heterocycles. The van der Waals surface area contributed by atoms with Gasteiger partial charge in [-0.05, 0) is 19.4 Å². The number of rotatable bonds is 4. The highest BCUT2D eigenvalue weighted by molar-refractivity contribution is 5.18. The zero-order chi connectivity index (χ0) is 9.68. The molecule has 1 nitrogen and oxygen atoms in total. The second kappa shape index (κ2) is 5.03. The predicted octanol–water partition coefficient (Wildman–Crippen LogP) is 3.22. The van der Waals surface area contributed by atoms with Crippen molar-refractivity contribution in [1.29, 1.82) is 0 Å². The number of hydrogen-bond donors (Lipinski definition) is 0. The first-order valence-corrected chi connectivity index (χ1v) is 4.86. The van der Waals surface area contributed by atoms with Gasteiger partial charge in [0.2, 0.25) is 0 Å². The molecule has 0 aromatic heterocycles. The molecule has 1 aromatic rings. The molecule has 1 heteroatoms. The Labute approximate surface area is 80.7 Å². The predicted molar refractivity (Wildman–Crippen MR) is 55.9 cm³/mol.